The zero-order valence-corrected chi connectivity index (χ0v) is 18.3. The molecule has 160 valence electrons. The van der Waals surface area contributed by atoms with Gasteiger partial charge in [0.2, 0.25) is 0 Å². The van der Waals surface area contributed by atoms with Gasteiger partial charge in [-0.2, -0.15) is 0 Å². The molecule has 0 spiro atoms. The first-order chi connectivity index (χ1) is 14.7. The first-order valence-electron chi connectivity index (χ1n) is 11.4. The summed E-state index contributed by atoms with van der Waals surface area (Å²) >= 11 is 0. The normalized spacial score (nSPS) is 22.9. The number of amides is 1. The van der Waals surface area contributed by atoms with Crippen molar-refractivity contribution in [1.29, 1.82) is 0 Å². The Bertz CT molecular complexity index is 838. The van der Waals surface area contributed by atoms with Crippen LogP contribution in [0.5, 0.6) is 5.75 Å². The van der Waals surface area contributed by atoms with Crippen molar-refractivity contribution >= 4 is 5.91 Å². The fourth-order valence-corrected chi connectivity index (χ4v) is 5.22. The first kappa shape index (κ1) is 20.9. The highest BCUT2D eigenvalue weighted by molar-refractivity contribution is 5.94. The summed E-state index contributed by atoms with van der Waals surface area (Å²) in [6.07, 6.45) is 4.75. The van der Waals surface area contributed by atoms with E-state index < -0.39 is 0 Å². The van der Waals surface area contributed by atoms with Gasteiger partial charge < -0.3 is 9.64 Å². The number of piperidine rings is 2. The average molecular weight is 407 g/mol. The van der Waals surface area contributed by atoms with E-state index in [0.29, 0.717) is 17.9 Å². The van der Waals surface area contributed by atoms with Gasteiger partial charge >= 0.3 is 0 Å². The van der Waals surface area contributed by atoms with Crippen molar-refractivity contribution in [3.63, 3.8) is 0 Å². The van der Waals surface area contributed by atoms with Crippen LogP contribution in [0.4, 0.5) is 0 Å². The van der Waals surface area contributed by atoms with Gasteiger partial charge in [0.15, 0.2) is 0 Å². The van der Waals surface area contributed by atoms with E-state index in [-0.39, 0.29) is 5.91 Å². The van der Waals surface area contributed by atoms with E-state index >= 15 is 0 Å². The zero-order chi connectivity index (χ0) is 20.9. The van der Waals surface area contributed by atoms with Crippen molar-refractivity contribution in [3.8, 4) is 5.75 Å². The molecule has 2 aliphatic rings. The summed E-state index contributed by atoms with van der Waals surface area (Å²) in [4.78, 5) is 17.8. The van der Waals surface area contributed by atoms with Crippen molar-refractivity contribution in [2.24, 2.45) is 5.92 Å². The van der Waals surface area contributed by atoms with E-state index in [1.165, 1.54) is 31.4 Å². The molecule has 30 heavy (non-hydrogen) atoms. The molecule has 1 unspecified atom stereocenters. The van der Waals surface area contributed by atoms with Crippen LogP contribution in [-0.4, -0.2) is 55.0 Å². The molecule has 2 fully saturated rings. The molecule has 4 heteroatoms. The van der Waals surface area contributed by atoms with Gasteiger partial charge in [0.1, 0.15) is 5.75 Å². The molecule has 3 atom stereocenters. The Hall–Kier alpha value is -2.33. The monoisotopic (exact) mass is 406 g/mol. The van der Waals surface area contributed by atoms with E-state index in [9.17, 15) is 4.79 Å². The largest absolute Gasteiger partial charge is 0.497 e. The van der Waals surface area contributed by atoms with Gasteiger partial charge in [-0.1, -0.05) is 43.3 Å². The Balaban J connectivity index is 1.35. The Morgan fingerprint density at radius 2 is 1.93 bits per heavy atom. The van der Waals surface area contributed by atoms with Crippen LogP contribution in [0.1, 0.15) is 54.4 Å². The maximum atomic E-state index is 13.1. The highest BCUT2D eigenvalue weighted by atomic mass is 16.5. The third-order valence-corrected chi connectivity index (χ3v) is 7.00. The SMILES string of the molecule is COc1cccc(C(=O)N2CC[C@@H]3[C@H](CCCN3CCC(C)c3ccccc3)C2)c1. The summed E-state index contributed by atoms with van der Waals surface area (Å²) in [5, 5.41) is 0. The molecule has 4 nitrogen and oxygen atoms in total. The molecule has 2 saturated heterocycles. The van der Waals surface area contributed by atoms with E-state index in [1.54, 1.807) is 7.11 Å². The average Bonchev–Trinajstić information content (AvgIpc) is 2.82. The minimum absolute atomic E-state index is 0.141. The van der Waals surface area contributed by atoms with Crippen molar-refractivity contribution in [2.75, 3.05) is 33.3 Å². The minimum Gasteiger partial charge on any atom is -0.497 e. The summed E-state index contributed by atoms with van der Waals surface area (Å²) in [7, 11) is 1.64. The molecule has 0 radical (unpaired) electrons. The number of carbonyl (C=O) groups is 1. The predicted octanol–water partition coefficient (Wildman–Crippen LogP) is 4.82. The van der Waals surface area contributed by atoms with E-state index in [0.717, 1.165) is 37.4 Å². The number of rotatable bonds is 6. The van der Waals surface area contributed by atoms with Gasteiger partial charge in [0.05, 0.1) is 7.11 Å². The lowest BCUT2D eigenvalue weighted by molar-refractivity contribution is 0.0201. The maximum Gasteiger partial charge on any atom is 0.253 e. The Morgan fingerprint density at radius 1 is 1.10 bits per heavy atom. The first-order valence-corrected chi connectivity index (χ1v) is 11.4. The molecule has 0 aromatic heterocycles. The third-order valence-electron chi connectivity index (χ3n) is 7.00. The summed E-state index contributed by atoms with van der Waals surface area (Å²) in [5.41, 5.74) is 2.17. The lowest BCUT2D eigenvalue weighted by Crippen LogP contribution is -2.55. The molecule has 0 aliphatic carbocycles. The number of methoxy groups -OCH3 is 1. The molecule has 4 rings (SSSR count). The van der Waals surface area contributed by atoms with E-state index in [2.05, 4.69) is 47.1 Å². The topological polar surface area (TPSA) is 32.8 Å². The number of carbonyl (C=O) groups excluding carboxylic acids is 1. The molecule has 2 aromatic carbocycles. The number of nitrogens with zero attached hydrogens (tertiary/aromatic N) is 2. The summed E-state index contributed by atoms with van der Waals surface area (Å²) in [5.74, 6) is 2.06. The molecule has 0 N–H and O–H groups in total. The second-order valence-electron chi connectivity index (χ2n) is 8.88. The Kier molecular flexibility index (Phi) is 6.73. The lowest BCUT2D eigenvalue weighted by Gasteiger charge is -2.47. The van der Waals surface area contributed by atoms with Crippen LogP contribution in [0.15, 0.2) is 54.6 Å². The number of fused-ring (bicyclic) bond motifs is 1. The standard InChI is InChI=1S/C26H34N2O2/c1-20(21-8-4-3-5-9-21)13-16-27-15-7-11-23-19-28(17-14-25(23)27)26(29)22-10-6-12-24(18-22)30-2/h3-6,8-10,12,18,20,23,25H,7,11,13-17,19H2,1-2H3/t20?,23-,25-/m1/s1. The van der Waals surface area contributed by atoms with E-state index in [4.69, 9.17) is 4.74 Å². The highest BCUT2D eigenvalue weighted by Gasteiger charge is 2.37. The quantitative estimate of drug-likeness (QED) is 0.690. The highest BCUT2D eigenvalue weighted by Crippen LogP contribution is 2.32. The smallest absolute Gasteiger partial charge is 0.253 e. The van der Waals surface area contributed by atoms with Crippen molar-refractivity contribution in [2.45, 2.75) is 44.6 Å². The number of benzene rings is 2. The number of hydrogen-bond donors (Lipinski definition) is 0. The van der Waals surface area contributed by atoms with Crippen LogP contribution in [0, 0.1) is 5.92 Å². The summed E-state index contributed by atoms with van der Waals surface area (Å²) < 4.78 is 5.29. The predicted molar refractivity (Wildman–Crippen MR) is 121 cm³/mol. The van der Waals surface area contributed by atoms with Crippen LogP contribution >= 0.6 is 0 Å². The Morgan fingerprint density at radius 3 is 2.73 bits per heavy atom. The second-order valence-corrected chi connectivity index (χ2v) is 8.88. The molecule has 2 aromatic rings. The second kappa shape index (κ2) is 9.65. The van der Waals surface area contributed by atoms with Crippen LogP contribution in [0.3, 0.4) is 0 Å². The van der Waals surface area contributed by atoms with Gasteiger partial charge in [-0.15, -0.1) is 0 Å². The van der Waals surface area contributed by atoms with Gasteiger partial charge in [-0.3, -0.25) is 9.69 Å². The van der Waals surface area contributed by atoms with Crippen molar-refractivity contribution < 1.29 is 9.53 Å². The molecule has 0 bridgehead atoms. The molecular weight excluding hydrogens is 372 g/mol. The molecule has 2 heterocycles. The van der Waals surface area contributed by atoms with Crippen LogP contribution in [-0.2, 0) is 0 Å². The fraction of sp³-hybridized carbons (Fsp3) is 0.500. The van der Waals surface area contributed by atoms with Crippen molar-refractivity contribution in [1.82, 2.24) is 9.80 Å². The Labute approximate surface area is 180 Å². The van der Waals surface area contributed by atoms with Crippen LogP contribution in [0.25, 0.3) is 0 Å². The lowest BCUT2D eigenvalue weighted by atomic mass is 9.83. The van der Waals surface area contributed by atoms with Gasteiger partial charge in [0.25, 0.3) is 5.91 Å². The molecule has 0 saturated carbocycles. The maximum absolute atomic E-state index is 13.1. The van der Waals surface area contributed by atoms with Gasteiger partial charge in [0, 0.05) is 24.7 Å². The molecule has 2 aliphatic heterocycles. The number of hydrogen-bond acceptors (Lipinski definition) is 3. The third kappa shape index (κ3) is 4.70. The minimum atomic E-state index is 0.141. The number of likely N-dealkylation sites (tertiary alicyclic amines) is 2. The van der Waals surface area contributed by atoms with Gasteiger partial charge in [-0.25, -0.2) is 0 Å². The van der Waals surface area contributed by atoms with Gasteiger partial charge in [-0.05, 0) is 74.4 Å². The summed E-state index contributed by atoms with van der Waals surface area (Å²) in [6.45, 7) is 6.42. The van der Waals surface area contributed by atoms with Crippen LogP contribution in [0.2, 0.25) is 0 Å². The molecule has 1 amide bonds. The number of ether oxygens (including phenoxy) is 1. The summed E-state index contributed by atoms with van der Waals surface area (Å²) in [6, 6.07) is 19.0. The van der Waals surface area contributed by atoms with Crippen LogP contribution < -0.4 is 4.74 Å². The zero-order valence-electron chi connectivity index (χ0n) is 18.3. The molecular formula is C26H34N2O2. The fourth-order valence-electron chi connectivity index (χ4n) is 5.22. The van der Waals surface area contributed by atoms with E-state index in [1.807, 2.05) is 24.3 Å². The van der Waals surface area contributed by atoms with Crippen molar-refractivity contribution in [3.05, 3.63) is 65.7 Å².